The third kappa shape index (κ3) is 1.76. The highest BCUT2D eigenvalue weighted by Crippen LogP contribution is 2.47. The third-order valence-corrected chi connectivity index (χ3v) is 3.59. The van der Waals surface area contributed by atoms with Gasteiger partial charge in [-0.3, -0.25) is 0 Å². The number of hydrogen-bond donors (Lipinski definition) is 0. The zero-order valence-corrected chi connectivity index (χ0v) is 8.34. The van der Waals surface area contributed by atoms with Crippen LogP contribution in [-0.2, 0) is 0 Å². The Morgan fingerprint density at radius 1 is 1.60 bits per heavy atom. The summed E-state index contributed by atoms with van der Waals surface area (Å²) in [6.07, 6.45) is 4.96. The molecule has 0 N–H and O–H groups in total. The van der Waals surface area contributed by atoms with Gasteiger partial charge in [-0.15, -0.1) is 0 Å². The number of halogens is 2. The lowest BCUT2D eigenvalue weighted by Gasteiger charge is -2.40. The van der Waals surface area contributed by atoms with Gasteiger partial charge in [-0.05, 0) is 24.7 Å². The molecule has 1 fully saturated rings. The summed E-state index contributed by atoms with van der Waals surface area (Å²) < 4.78 is 0. The molecule has 1 aliphatic rings. The molecule has 0 aromatic heterocycles. The van der Waals surface area contributed by atoms with Crippen LogP contribution >= 0.6 is 27.5 Å². The lowest BCUT2D eigenvalue weighted by atomic mass is 9.68. The molecule has 0 spiro atoms. The summed E-state index contributed by atoms with van der Waals surface area (Å²) in [6.45, 7) is 3.71. The van der Waals surface area contributed by atoms with E-state index in [1.165, 1.54) is 19.3 Å². The molecule has 0 saturated heterocycles. The van der Waals surface area contributed by atoms with Crippen LogP contribution in [0.3, 0.4) is 0 Å². The molecular formula is C8H12BrCl. The summed E-state index contributed by atoms with van der Waals surface area (Å²) in [5, 5.41) is 1.88. The monoisotopic (exact) mass is 222 g/mol. The van der Waals surface area contributed by atoms with Gasteiger partial charge in [0.05, 0.1) is 0 Å². The second-order valence-electron chi connectivity index (χ2n) is 3.18. The maximum absolute atomic E-state index is 5.74. The van der Waals surface area contributed by atoms with E-state index in [-0.39, 0.29) is 0 Å². The molecule has 1 aliphatic carbocycles. The highest BCUT2D eigenvalue weighted by molar-refractivity contribution is 9.09. The number of alkyl halides is 1. The molecule has 0 heterocycles. The minimum absolute atomic E-state index is 0.471. The molecule has 0 unspecified atom stereocenters. The summed E-state index contributed by atoms with van der Waals surface area (Å²) in [5.74, 6) is 0. The Labute approximate surface area is 75.8 Å². The van der Waals surface area contributed by atoms with Crippen molar-refractivity contribution in [2.24, 2.45) is 5.41 Å². The average Bonchev–Trinajstić information content (AvgIpc) is 1.78. The molecule has 0 aromatic rings. The van der Waals surface area contributed by atoms with Crippen LogP contribution in [-0.4, -0.2) is 5.33 Å². The van der Waals surface area contributed by atoms with Crippen molar-refractivity contribution in [3.05, 3.63) is 11.6 Å². The maximum atomic E-state index is 5.74. The summed E-state index contributed by atoms with van der Waals surface area (Å²) >= 11 is 9.25. The molecular weight excluding hydrogens is 211 g/mol. The fourth-order valence-electron chi connectivity index (χ4n) is 1.44. The fourth-order valence-corrected chi connectivity index (χ4v) is 2.48. The molecule has 2 heteroatoms. The van der Waals surface area contributed by atoms with E-state index in [9.17, 15) is 0 Å². The first-order valence-electron chi connectivity index (χ1n) is 3.58. The van der Waals surface area contributed by atoms with Crippen molar-refractivity contribution in [2.75, 3.05) is 5.33 Å². The zero-order chi connectivity index (χ0) is 7.61. The van der Waals surface area contributed by atoms with Gasteiger partial charge in [0.2, 0.25) is 0 Å². The van der Waals surface area contributed by atoms with Crippen molar-refractivity contribution in [2.45, 2.75) is 25.7 Å². The quantitative estimate of drug-likeness (QED) is 0.640. The minimum atomic E-state index is 0.471. The smallest absolute Gasteiger partial charge is 0.0115 e. The SMILES string of the molecule is C=C(Cl)CC1(CBr)CCC1. The molecule has 0 atom stereocenters. The van der Waals surface area contributed by atoms with Gasteiger partial charge in [-0.25, -0.2) is 0 Å². The van der Waals surface area contributed by atoms with Gasteiger partial charge in [0.15, 0.2) is 0 Å². The fraction of sp³-hybridized carbons (Fsp3) is 0.750. The van der Waals surface area contributed by atoms with E-state index in [0.717, 1.165) is 16.8 Å². The highest BCUT2D eigenvalue weighted by atomic mass is 79.9. The zero-order valence-electron chi connectivity index (χ0n) is 6.00. The number of hydrogen-bond acceptors (Lipinski definition) is 0. The van der Waals surface area contributed by atoms with Crippen LogP contribution in [0.2, 0.25) is 0 Å². The molecule has 0 radical (unpaired) electrons. The molecule has 1 rings (SSSR count). The molecule has 0 bridgehead atoms. The first kappa shape index (κ1) is 8.61. The van der Waals surface area contributed by atoms with E-state index in [1.54, 1.807) is 0 Å². The summed E-state index contributed by atoms with van der Waals surface area (Å²) in [5.41, 5.74) is 0.471. The summed E-state index contributed by atoms with van der Waals surface area (Å²) in [6, 6.07) is 0. The van der Waals surface area contributed by atoms with Gasteiger partial charge < -0.3 is 0 Å². The van der Waals surface area contributed by atoms with Gasteiger partial charge in [-0.2, -0.15) is 0 Å². The normalized spacial score (nSPS) is 21.8. The Balaban J connectivity index is 2.40. The first-order valence-corrected chi connectivity index (χ1v) is 5.08. The van der Waals surface area contributed by atoms with Crippen molar-refractivity contribution in [1.29, 1.82) is 0 Å². The van der Waals surface area contributed by atoms with E-state index < -0.39 is 0 Å². The summed E-state index contributed by atoms with van der Waals surface area (Å²) in [7, 11) is 0. The summed E-state index contributed by atoms with van der Waals surface area (Å²) in [4.78, 5) is 0. The van der Waals surface area contributed by atoms with Crippen molar-refractivity contribution in [3.8, 4) is 0 Å². The number of rotatable bonds is 3. The first-order chi connectivity index (χ1) is 4.68. The van der Waals surface area contributed by atoms with E-state index in [0.29, 0.717) is 5.41 Å². The van der Waals surface area contributed by atoms with Crippen molar-refractivity contribution in [1.82, 2.24) is 0 Å². The third-order valence-electron chi connectivity index (χ3n) is 2.26. The molecule has 58 valence electrons. The Hall–Kier alpha value is 0.510. The van der Waals surface area contributed by atoms with E-state index in [2.05, 4.69) is 22.5 Å². The van der Waals surface area contributed by atoms with Crippen LogP contribution in [0.1, 0.15) is 25.7 Å². The topological polar surface area (TPSA) is 0 Å². The predicted octanol–water partition coefficient (Wildman–Crippen LogP) is 3.69. The second-order valence-corrected chi connectivity index (χ2v) is 4.28. The largest absolute Gasteiger partial charge is 0.0922 e. The van der Waals surface area contributed by atoms with Crippen molar-refractivity contribution >= 4 is 27.5 Å². The van der Waals surface area contributed by atoms with Gasteiger partial charge in [0.1, 0.15) is 0 Å². The van der Waals surface area contributed by atoms with Gasteiger partial charge in [-0.1, -0.05) is 40.5 Å². The van der Waals surface area contributed by atoms with Crippen molar-refractivity contribution < 1.29 is 0 Å². The average molecular weight is 224 g/mol. The minimum Gasteiger partial charge on any atom is -0.0922 e. The van der Waals surface area contributed by atoms with E-state index in [1.807, 2.05) is 0 Å². The van der Waals surface area contributed by atoms with Crippen LogP contribution in [0.15, 0.2) is 11.6 Å². The van der Waals surface area contributed by atoms with Gasteiger partial charge in [0.25, 0.3) is 0 Å². The molecule has 0 aromatic carbocycles. The predicted molar refractivity (Wildman–Crippen MR) is 49.7 cm³/mol. The van der Waals surface area contributed by atoms with Crippen LogP contribution in [0.4, 0.5) is 0 Å². The number of allylic oxidation sites excluding steroid dienone is 1. The Morgan fingerprint density at radius 2 is 2.20 bits per heavy atom. The van der Waals surface area contributed by atoms with Crippen LogP contribution < -0.4 is 0 Å². The standard InChI is InChI=1S/C8H12BrCl/c1-7(10)5-8(6-9)3-2-4-8/h1-6H2. The van der Waals surface area contributed by atoms with Crippen LogP contribution in [0.5, 0.6) is 0 Å². The second kappa shape index (κ2) is 3.27. The molecule has 0 nitrogen and oxygen atoms in total. The van der Waals surface area contributed by atoms with E-state index in [4.69, 9.17) is 11.6 Å². The highest BCUT2D eigenvalue weighted by Gasteiger charge is 2.35. The molecule has 10 heavy (non-hydrogen) atoms. The Bertz CT molecular complexity index is 133. The molecule has 0 aliphatic heterocycles. The molecule has 0 amide bonds. The van der Waals surface area contributed by atoms with E-state index >= 15 is 0 Å². The lowest BCUT2D eigenvalue weighted by Crippen LogP contribution is -2.30. The van der Waals surface area contributed by atoms with Crippen molar-refractivity contribution in [3.63, 3.8) is 0 Å². The Morgan fingerprint density at radius 3 is 2.30 bits per heavy atom. The Kier molecular flexibility index (Phi) is 2.81. The van der Waals surface area contributed by atoms with Crippen LogP contribution in [0.25, 0.3) is 0 Å². The maximum Gasteiger partial charge on any atom is 0.0115 e. The lowest BCUT2D eigenvalue weighted by molar-refractivity contribution is 0.173. The van der Waals surface area contributed by atoms with Gasteiger partial charge >= 0.3 is 0 Å². The molecule has 1 saturated carbocycles. The van der Waals surface area contributed by atoms with Crippen LogP contribution in [0, 0.1) is 5.41 Å². The van der Waals surface area contributed by atoms with Gasteiger partial charge in [0, 0.05) is 10.4 Å².